The van der Waals surface area contributed by atoms with Gasteiger partial charge in [-0.05, 0) is 0 Å². The topological polar surface area (TPSA) is 113 Å². The van der Waals surface area contributed by atoms with Crippen molar-refractivity contribution in [3.8, 4) is 0 Å². The summed E-state index contributed by atoms with van der Waals surface area (Å²) in [5, 5.41) is 13.2. The van der Waals surface area contributed by atoms with Crippen molar-refractivity contribution in [3.63, 3.8) is 0 Å². The largest absolute Gasteiger partial charge is 0.467 e. The molecule has 0 aromatic heterocycles. The molecule has 3 rings (SSSR count). The van der Waals surface area contributed by atoms with Crippen molar-refractivity contribution >= 4 is 17.7 Å². The van der Waals surface area contributed by atoms with E-state index in [1.165, 1.54) is 14.2 Å². The highest BCUT2D eigenvalue weighted by atomic mass is 16.8. The van der Waals surface area contributed by atoms with Gasteiger partial charge in [0.1, 0.15) is 12.0 Å². The van der Waals surface area contributed by atoms with Gasteiger partial charge in [0.05, 0.1) is 14.2 Å². The van der Waals surface area contributed by atoms with E-state index in [4.69, 9.17) is 14.3 Å². The molecule has 3 aliphatic heterocycles. The van der Waals surface area contributed by atoms with Crippen molar-refractivity contribution in [2.45, 2.75) is 30.7 Å². The summed E-state index contributed by atoms with van der Waals surface area (Å²) in [4.78, 5) is 28.7. The van der Waals surface area contributed by atoms with Gasteiger partial charge in [-0.3, -0.25) is 0 Å². The lowest BCUT2D eigenvalue weighted by molar-refractivity contribution is -0.265. The molecule has 0 saturated carbocycles. The van der Waals surface area contributed by atoms with Crippen molar-refractivity contribution in [3.05, 3.63) is 0 Å². The van der Waals surface area contributed by atoms with Gasteiger partial charge in [-0.1, -0.05) is 5.16 Å². The minimum absolute atomic E-state index is 0.105. The monoisotopic (exact) mass is 287 g/mol. The Morgan fingerprint density at radius 2 is 2.15 bits per heavy atom. The van der Waals surface area contributed by atoms with Crippen LogP contribution < -0.4 is 0 Å². The zero-order valence-electron chi connectivity index (χ0n) is 10.8. The molecule has 3 heterocycles. The van der Waals surface area contributed by atoms with Crippen molar-refractivity contribution in [2.24, 2.45) is 11.1 Å². The molecule has 1 spiro atoms. The van der Waals surface area contributed by atoms with Gasteiger partial charge in [0.2, 0.25) is 0 Å². The highest BCUT2D eigenvalue weighted by molar-refractivity contribution is 6.38. The molecular weight excluding hydrogens is 274 g/mol. The summed E-state index contributed by atoms with van der Waals surface area (Å²) in [6.07, 6.45) is -2.84. The van der Waals surface area contributed by atoms with E-state index in [1.807, 2.05) is 0 Å². The second kappa shape index (κ2) is 4.40. The Kier molecular flexibility index (Phi) is 2.92. The molecule has 1 N–H and O–H groups in total. The van der Waals surface area contributed by atoms with Crippen molar-refractivity contribution in [2.75, 3.05) is 14.2 Å². The number of ether oxygens (including phenoxy) is 4. The van der Waals surface area contributed by atoms with Gasteiger partial charge in [-0.25, -0.2) is 9.59 Å². The maximum absolute atomic E-state index is 11.8. The van der Waals surface area contributed by atoms with Gasteiger partial charge in [-0.2, -0.15) is 0 Å². The molecule has 9 heteroatoms. The highest BCUT2D eigenvalue weighted by Gasteiger charge is 2.72. The molecule has 0 radical (unpaired) electrons. The van der Waals surface area contributed by atoms with E-state index in [9.17, 15) is 14.7 Å². The van der Waals surface area contributed by atoms with E-state index in [2.05, 4.69) is 14.6 Å². The second-order valence-corrected chi connectivity index (χ2v) is 4.64. The van der Waals surface area contributed by atoms with Crippen LogP contribution in [-0.2, 0) is 33.4 Å². The van der Waals surface area contributed by atoms with Crippen LogP contribution in [0.1, 0.15) is 6.42 Å². The summed E-state index contributed by atoms with van der Waals surface area (Å²) in [5.41, 5.74) is -0.125. The summed E-state index contributed by atoms with van der Waals surface area (Å²) >= 11 is 0. The zero-order chi connectivity index (χ0) is 14.5. The number of nitrogens with zero attached hydrogens (tertiary/aromatic N) is 1. The number of oxime groups is 1. The number of aliphatic hydroxyl groups is 1. The standard InChI is InChI=1S/C11H13NO8/c1-16-9(14)7-6-8(10(15)17-2)18-4-3-5(13)19-11(4,6)20-12-7/h4-6,8,13H,3H2,1-2H3/t4-,5-,6+,8+,11?/m1/s1. The SMILES string of the molecule is COC(=O)C1=NOC23O[C@@H](O)C[C@H]2O[C@H](C(=O)OC)[C@H]13. The fourth-order valence-electron chi connectivity index (χ4n) is 2.80. The molecule has 1 unspecified atom stereocenters. The first-order valence-corrected chi connectivity index (χ1v) is 5.97. The van der Waals surface area contributed by atoms with Gasteiger partial charge >= 0.3 is 11.9 Å². The average molecular weight is 287 g/mol. The molecule has 0 aromatic rings. The summed E-state index contributed by atoms with van der Waals surface area (Å²) < 4.78 is 20.1. The fraction of sp³-hybridized carbons (Fsp3) is 0.727. The van der Waals surface area contributed by atoms with Crippen LogP contribution in [0.15, 0.2) is 5.16 Å². The normalized spacial score (nSPS) is 41.5. The van der Waals surface area contributed by atoms with Crippen LogP contribution in [0.2, 0.25) is 0 Å². The smallest absolute Gasteiger partial charge is 0.356 e. The number of rotatable bonds is 2. The molecule has 110 valence electrons. The predicted molar refractivity (Wildman–Crippen MR) is 59.1 cm³/mol. The van der Waals surface area contributed by atoms with Crippen LogP contribution in [-0.4, -0.2) is 61.3 Å². The summed E-state index contributed by atoms with van der Waals surface area (Å²) in [7, 11) is 2.38. The first kappa shape index (κ1) is 13.3. The quantitative estimate of drug-likeness (QED) is 0.613. The van der Waals surface area contributed by atoms with Crippen LogP contribution in [0.25, 0.3) is 0 Å². The molecule has 0 bridgehead atoms. The molecule has 2 saturated heterocycles. The van der Waals surface area contributed by atoms with Crippen LogP contribution in [0.5, 0.6) is 0 Å². The van der Waals surface area contributed by atoms with E-state index in [-0.39, 0.29) is 12.1 Å². The third kappa shape index (κ3) is 1.57. The summed E-state index contributed by atoms with van der Waals surface area (Å²) in [6, 6.07) is 0. The fourth-order valence-corrected chi connectivity index (χ4v) is 2.80. The number of hydrogen-bond acceptors (Lipinski definition) is 9. The predicted octanol–water partition coefficient (Wildman–Crippen LogP) is -1.46. The Morgan fingerprint density at radius 1 is 1.40 bits per heavy atom. The molecule has 2 fully saturated rings. The van der Waals surface area contributed by atoms with Crippen LogP contribution >= 0.6 is 0 Å². The third-order valence-electron chi connectivity index (χ3n) is 3.64. The number of aliphatic hydroxyl groups excluding tert-OH is 1. The molecule has 9 nitrogen and oxygen atoms in total. The Labute approximate surface area is 113 Å². The molecule has 20 heavy (non-hydrogen) atoms. The number of methoxy groups -OCH3 is 2. The first-order valence-electron chi connectivity index (χ1n) is 5.97. The summed E-state index contributed by atoms with van der Waals surface area (Å²) in [5.74, 6) is -3.86. The van der Waals surface area contributed by atoms with Crippen molar-refractivity contribution in [1.82, 2.24) is 0 Å². The molecule has 0 aliphatic carbocycles. The molecule has 0 aromatic carbocycles. The van der Waals surface area contributed by atoms with Gasteiger partial charge in [0, 0.05) is 6.42 Å². The van der Waals surface area contributed by atoms with Crippen LogP contribution in [0, 0.1) is 5.92 Å². The average Bonchev–Trinajstić information content (AvgIpc) is 3.03. The van der Waals surface area contributed by atoms with Crippen LogP contribution in [0.4, 0.5) is 0 Å². The number of esters is 2. The van der Waals surface area contributed by atoms with Gasteiger partial charge in [0.25, 0.3) is 5.79 Å². The van der Waals surface area contributed by atoms with Gasteiger partial charge < -0.3 is 28.9 Å². The zero-order valence-corrected chi connectivity index (χ0v) is 10.8. The second-order valence-electron chi connectivity index (χ2n) is 4.64. The van der Waals surface area contributed by atoms with Gasteiger partial charge in [0.15, 0.2) is 18.1 Å². The maximum atomic E-state index is 11.8. The lowest BCUT2D eigenvalue weighted by atomic mass is 9.88. The lowest BCUT2D eigenvalue weighted by Gasteiger charge is -2.24. The maximum Gasteiger partial charge on any atom is 0.356 e. The number of carbonyl (C=O) groups excluding carboxylic acids is 2. The minimum atomic E-state index is -1.48. The Balaban J connectivity index is 1.98. The number of hydrogen-bond donors (Lipinski definition) is 1. The van der Waals surface area contributed by atoms with E-state index in [1.54, 1.807) is 0 Å². The Bertz CT molecular complexity index is 491. The number of carbonyl (C=O) groups is 2. The molecule has 0 amide bonds. The summed E-state index contributed by atoms with van der Waals surface area (Å²) in [6.45, 7) is 0. The third-order valence-corrected chi connectivity index (χ3v) is 3.64. The van der Waals surface area contributed by atoms with E-state index < -0.39 is 42.1 Å². The lowest BCUT2D eigenvalue weighted by Crippen LogP contribution is -2.47. The minimum Gasteiger partial charge on any atom is -0.467 e. The highest BCUT2D eigenvalue weighted by Crippen LogP contribution is 2.51. The Morgan fingerprint density at radius 3 is 2.80 bits per heavy atom. The van der Waals surface area contributed by atoms with Crippen molar-refractivity contribution in [1.29, 1.82) is 0 Å². The van der Waals surface area contributed by atoms with Gasteiger partial charge in [-0.15, -0.1) is 0 Å². The Hall–Kier alpha value is -1.71. The van der Waals surface area contributed by atoms with Crippen LogP contribution in [0.3, 0.4) is 0 Å². The molecule has 5 atom stereocenters. The van der Waals surface area contributed by atoms with E-state index in [0.29, 0.717) is 0 Å². The van der Waals surface area contributed by atoms with Crippen molar-refractivity contribution < 1.29 is 38.5 Å². The van der Waals surface area contributed by atoms with E-state index >= 15 is 0 Å². The molecular formula is C11H13NO8. The van der Waals surface area contributed by atoms with E-state index in [0.717, 1.165) is 0 Å². The first-order chi connectivity index (χ1) is 9.53. The molecule has 3 aliphatic rings.